The molecule has 2 aliphatic rings. The van der Waals surface area contributed by atoms with Gasteiger partial charge < -0.3 is 14.3 Å². The second kappa shape index (κ2) is 12.3. The number of fused-ring (bicyclic) bond motifs is 6. The molecular formula is C46H33N5O. The first-order valence-electron chi connectivity index (χ1n) is 17.7. The van der Waals surface area contributed by atoms with Gasteiger partial charge in [-0.25, -0.2) is 4.99 Å². The number of rotatable bonds is 5. The number of nitriles is 1. The lowest BCUT2D eigenvalue weighted by Crippen LogP contribution is -2.44. The third kappa shape index (κ3) is 5.02. The number of para-hydroxylation sites is 2. The molecule has 6 aromatic carbocycles. The summed E-state index contributed by atoms with van der Waals surface area (Å²) < 4.78 is 8.84. The molecule has 0 fully saturated rings. The van der Waals surface area contributed by atoms with Gasteiger partial charge in [0.1, 0.15) is 29.5 Å². The Morgan fingerprint density at radius 2 is 1.48 bits per heavy atom. The Labute approximate surface area is 301 Å². The molecule has 1 aliphatic carbocycles. The smallest absolute Gasteiger partial charge is 0.142 e. The summed E-state index contributed by atoms with van der Waals surface area (Å²) in [4.78, 5) is 5.11. The fourth-order valence-corrected chi connectivity index (χ4v) is 7.86. The number of nitrogens with zero attached hydrogens (tertiary/aromatic N) is 3. The Morgan fingerprint density at radius 3 is 2.37 bits per heavy atom. The van der Waals surface area contributed by atoms with Crippen molar-refractivity contribution in [2.24, 2.45) is 4.99 Å². The minimum atomic E-state index is -0.324. The Balaban J connectivity index is 1.05. The maximum absolute atomic E-state index is 9.56. The molecule has 52 heavy (non-hydrogen) atoms. The fraction of sp³-hybridized carbons (Fsp3) is 0.0870. The maximum Gasteiger partial charge on any atom is 0.142 e. The van der Waals surface area contributed by atoms with Gasteiger partial charge in [0.05, 0.1) is 22.7 Å². The minimum Gasteiger partial charge on any atom is -0.460 e. The second-order valence-corrected chi connectivity index (χ2v) is 13.5. The van der Waals surface area contributed by atoms with E-state index in [-0.39, 0.29) is 12.3 Å². The Bertz CT molecular complexity index is 2760. The van der Waals surface area contributed by atoms with Gasteiger partial charge in [0.15, 0.2) is 0 Å². The molecule has 0 bridgehead atoms. The third-order valence-corrected chi connectivity index (χ3v) is 10.4. The summed E-state index contributed by atoms with van der Waals surface area (Å²) in [6.07, 6.45) is 5.92. The summed E-state index contributed by atoms with van der Waals surface area (Å²) in [6.45, 7) is 0. The molecule has 248 valence electrons. The lowest BCUT2D eigenvalue weighted by Gasteiger charge is -2.32. The highest BCUT2D eigenvalue weighted by Crippen LogP contribution is 2.40. The van der Waals surface area contributed by atoms with E-state index in [4.69, 9.17) is 9.41 Å². The van der Waals surface area contributed by atoms with Crippen LogP contribution in [0.5, 0.6) is 0 Å². The minimum absolute atomic E-state index is 0.162. The van der Waals surface area contributed by atoms with E-state index in [0.29, 0.717) is 5.56 Å². The Morgan fingerprint density at radius 1 is 0.712 bits per heavy atom. The van der Waals surface area contributed by atoms with Crippen molar-refractivity contribution in [2.45, 2.75) is 25.2 Å². The summed E-state index contributed by atoms with van der Waals surface area (Å²) in [5.41, 5.74) is 11.5. The first-order chi connectivity index (χ1) is 25.7. The van der Waals surface area contributed by atoms with Crippen LogP contribution < -0.4 is 10.6 Å². The molecule has 0 saturated heterocycles. The van der Waals surface area contributed by atoms with Crippen LogP contribution in [-0.2, 0) is 6.42 Å². The number of nitrogens with one attached hydrogen (secondary N) is 2. The predicted molar refractivity (Wildman–Crippen MR) is 209 cm³/mol. The van der Waals surface area contributed by atoms with E-state index in [1.807, 2.05) is 42.5 Å². The van der Waals surface area contributed by atoms with Crippen molar-refractivity contribution in [1.82, 2.24) is 15.2 Å². The molecule has 0 radical (unpaired) electrons. The van der Waals surface area contributed by atoms with Crippen molar-refractivity contribution < 1.29 is 4.42 Å². The number of amidine groups is 1. The number of hydrogen-bond donors (Lipinski definition) is 2. The monoisotopic (exact) mass is 671 g/mol. The van der Waals surface area contributed by atoms with Gasteiger partial charge in [0.25, 0.3) is 0 Å². The van der Waals surface area contributed by atoms with Crippen LogP contribution in [-0.4, -0.2) is 10.4 Å². The average molecular weight is 672 g/mol. The van der Waals surface area contributed by atoms with Crippen molar-refractivity contribution in [2.75, 3.05) is 0 Å². The van der Waals surface area contributed by atoms with Gasteiger partial charge in [-0.15, -0.1) is 0 Å². The average Bonchev–Trinajstić information content (AvgIpc) is 3.77. The quantitative estimate of drug-likeness (QED) is 0.191. The van der Waals surface area contributed by atoms with E-state index in [1.54, 1.807) is 0 Å². The number of allylic oxidation sites excluding steroid dienone is 1. The number of benzene rings is 6. The second-order valence-electron chi connectivity index (χ2n) is 13.5. The predicted octanol–water partition coefficient (Wildman–Crippen LogP) is 10.4. The van der Waals surface area contributed by atoms with Crippen molar-refractivity contribution in [3.05, 3.63) is 179 Å². The molecule has 6 nitrogen and oxygen atoms in total. The normalized spacial score (nSPS) is 16.8. The SMILES string of the molecule is N#Cc1cccc(C2N=C(c3ccc(-n4c5ccccc5c5cc(-c6cccc7c8c(oc67)CCC=C8)ccc54)cc3)NC(c3ccccc3)N2)c1. The number of hydrogen-bond acceptors (Lipinski definition) is 5. The maximum atomic E-state index is 9.56. The Hall–Kier alpha value is -6.68. The van der Waals surface area contributed by atoms with Gasteiger partial charge in [0, 0.05) is 45.0 Å². The van der Waals surface area contributed by atoms with Gasteiger partial charge in [0.2, 0.25) is 0 Å². The number of furan rings is 1. The standard InChI is InChI=1S/C46H33N5O/c47-28-29-10-8-13-33(26-29)46-49-44(30-11-2-1-3-12-30)48-45(50-46)31-20-23-34(24-21-31)51-40-18-6-4-14-36(40)39-27-32(22-25-41(39)51)35-16-9-17-38-37-15-5-7-19-42(37)52-43(35)38/h1-6,8-18,20-27,44,46,49H,7,19H2,(H,48,50). The number of aryl methyl sites for hydroxylation is 1. The molecule has 0 amide bonds. The van der Waals surface area contributed by atoms with Gasteiger partial charge in [-0.2, -0.15) is 5.26 Å². The van der Waals surface area contributed by atoms with Crippen LogP contribution in [0, 0.1) is 11.3 Å². The highest BCUT2D eigenvalue weighted by atomic mass is 16.3. The molecule has 10 rings (SSSR count). The molecule has 8 aromatic rings. The number of aliphatic imine (C=N–C) groups is 1. The zero-order chi connectivity index (χ0) is 34.6. The van der Waals surface area contributed by atoms with Crippen LogP contribution in [0.1, 0.15) is 52.3 Å². The van der Waals surface area contributed by atoms with E-state index in [2.05, 4.69) is 130 Å². The molecule has 2 unspecified atom stereocenters. The summed E-state index contributed by atoms with van der Waals surface area (Å²) >= 11 is 0. The highest BCUT2D eigenvalue weighted by molar-refractivity contribution is 6.11. The van der Waals surface area contributed by atoms with Gasteiger partial charge in [-0.1, -0.05) is 97.1 Å². The first kappa shape index (κ1) is 30.2. The molecule has 1 aliphatic heterocycles. The lowest BCUT2D eigenvalue weighted by molar-refractivity contribution is 0.409. The summed E-state index contributed by atoms with van der Waals surface area (Å²) in [6, 6.07) is 50.7. The van der Waals surface area contributed by atoms with Crippen LogP contribution in [0.4, 0.5) is 0 Å². The summed E-state index contributed by atoms with van der Waals surface area (Å²) in [5.74, 6) is 1.87. The molecule has 0 saturated carbocycles. The summed E-state index contributed by atoms with van der Waals surface area (Å²) in [7, 11) is 0. The fourth-order valence-electron chi connectivity index (χ4n) is 7.86. The zero-order valence-corrected chi connectivity index (χ0v) is 28.3. The van der Waals surface area contributed by atoms with Crippen LogP contribution >= 0.6 is 0 Å². The van der Waals surface area contributed by atoms with Gasteiger partial charge in [-0.05, 0) is 77.7 Å². The molecule has 6 heteroatoms. The van der Waals surface area contributed by atoms with E-state index < -0.39 is 0 Å². The molecule has 3 heterocycles. The third-order valence-electron chi connectivity index (χ3n) is 10.4. The van der Waals surface area contributed by atoms with E-state index in [0.717, 1.165) is 74.6 Å². The van der Waals surface area contributed by atoms with Crippen molar-refractivity contribution in [1.29, 1.82) is 5.26 Å². The van der Waals surface area contributed by atoms with E-state index in [1.165, 1.54) is 21.7 Å². The molecule has 0 spiro atoms. The molecule has 2 N–H and O–H groups in total. The highest BCUT2D eigenvalue weighted by Gasteiger charge is 2.26. The zero-order valence-electron chi connectivity index (χ0n) is 28.3. The lowest BCUT2D eigenvalue weighted by atomic mass is 9.98. The molecule has 2 aromatic heterocycles. The number of aromatic nitrogens is 1. The van der Waals surface area contributed by atoms with E-state index >= 15 is 0 Å². The van der Waals surface area contributed by atoms with Gasteiger partial charge >= 0.3 is 0 Å². The van der Waals surface area contributed by atoms with Crippen LogP contribution in [0.2, 0.25) is 0 Å². The van der Waals surface area contributed by atoms with Crippen molar-refractivity contribution in [3.8, 4) is 22.9 Å². The summed E-state index contributed by atoms with van der Waals surface area (Å²) in [5, 5.41) is 20.4. The molecule has 2 atom stereocenters. The van der Waals surface area contributed by atoms with Crippen LogP contribution in [0.3, 0.4) is 0 Å². The van der Waals surface area contributed by atoms with Crippen molar-refractivity contribution >= 4 is 44.7 Å². The van der Waals surface area contributed by atoms with Crippen molar-refractivity contribution in [3.63, 3.8) is 0 Å². The van der Waals surface area contributed by atoms with Crippen LogP contribution in [0.15, 0.2) is 155 Å². The van der Waals surface area contributed by atoms with Gasteiger partial charge in [-0.3, -0.25) is 5.32 Å². The largest absolute Gasteiger partial charge is 0.460 e. The van der Waals surface area contributed by atoms with Crippen LogP contribution in [0.25, 0.3) is 55.7 Å². The van der Waals surface area contributed by atoms with E-state index in [9.17, 15) is 5.26 Å². The topological polar surface area (TPSA) is 78.3 Å². The first-order valence-corrected chi connectivity index (χ1v) is 17.7. The molecular weight excluding hydrogens is 639 g/mol. The Kier molecular flexibility index (Phi) is 7.12.